The molecule has 19 heavy (non-hydrogen) atoms. The van der Waals surface area contributed by atoms with Gasteiger partial charge in [0.2, 0.25) is 0 Å². The fourth-order valence-electron chi connectivity index (χ4n) is 2.43. The Kier molecular flexibility index (Phi) is 3.46. The molecule has 5 nitrogen and oxygen atoms in total. The van der Waals surface area contributed by atoms with Gasteiger partial charge in [0.1, 0.15) is 5.75 Å². The van der Waals surface area contributed by atoms with Gasteiger partial charge in [-0.1, -0.05) is 23.4 Å². The Bertz CT molecular complexity index is 552. The van der Waals surface area contributed by atoms with E-state index in [9.17, 15) is 0 Å². The Morgan fingerprint density at radius 2 is 2.26 bits per heavy atom. The molecule has 0 saturated heterocycles. The number of rotatable bonds is 5. The predicted molar refractivity (Wildman–Crippen MR) is 72.1 cm³/mol. The Morgan fingerprint density at radius 1 is 1.37 bits per heavy atom. The number of nitrogens with two attached hydrogens (primary N) is 1. The summed E-state index contributed by atoms with van der Waals surface area (Å²) in [4.78, 5) is 0. The molecule has 0 saturated carbocycles. The van der Waals surface area contributed by atoms with Crippen molar-refractivity contribution in [1.29, 1.82) is 0 Å². The number of fused-ring (bicyclic) bond motifs is 1. The topological polar surface area (TPSA) is 66.0 Å². The van der Waals surface area contributed by atoms with E-state index in [4.69, 9.17) is 10.5 Å². The van der Waals surface area contributed by atoms with Gasteiger partial charge in [0, 0.05) is 17.7 Å². The van der Waals surface area contributed by atoms with E-state index in [1.165, 1.54) is 5.56 Å². The van der Waals surface area contributed by atoms with Crippen molar-refractivity contribution in [3.05, 3.63) is 41.7 Å². The minimum atomic E-state index is 0.361. The van der Waals surface area contributed by atoms with E-state index in [0.717, 1.165) is 37.4 Å². The standard InChI is InChI=1S/C14H18N4O/c15-7-3-4-12-9-18(17-16-12)8-11-10-19-14-6-2-1-5-13(11)14/h1-2,5-6,9,11H,3-4,7-8,10,15H2. The van der Waals surface area contributed by atoms with Crippen LogP contribution in [0.4, 0.5) is 0 Å². The highest BCUT2D eigenvalue weighted by Gasteiger charge is 2.24. The molecule has 1 aromatic carbocycles. The molecule has 0 aliphatic carbocycles. The molecular formula is C14H18N4O. The minimum absolute atomic E-state index is 0.361. The van der Waals surface area contributed by atoms with E-state index in [1.54, 1.807) is 0 Å². The maximum Gasteiger partial charge on any atom is 0.122 e. The first-order chi connectivity index (χ1) is 9.36. The van der Waals surface area contributed by atoms with E-state index >= 15 is 0 Å². The molecule has 0 bridgehead atoms. The van der Waals surface area contributed by atoms with Gasteiger partial charge in [0.15, 0.2) is 0 Å². The lowest BCUT2D eigenvalue weighted by atomic mass is 10.0. The van der Waals surface area contributed by atoms with Crippen molar-refractivity contribution < 1.29 is 4.74 Å². The highest BCUT2D eigenvalue weighted by molar-refractivity contribution is 5.39. The number of aryl methyl sites for hydroxylation is 1. The van der Waals surface area contributed by atoms with E-state index in [1.807, 2.05) is 23.0 Å². The van der Waals surface area contributed by atoms with E-state index in [-0.39, 0.29) is 0 Å². The van der Waals surface area contributed by atoms with Crippen LogP contribution in [0.15, 0.2) is 30.5 Å². The van der Waals surface area contributed by atoms with Gasteiger partial charge in [-0.05, 0) is 25.5 Å². The molecule has 2 heterocycles. The van der Waals surface area contributed by atoms with Crippen LogP contribution in [-0.4, -0.2) is 28.1 Å². The summed E-state index contributed by atoms with van der Waals surface area (Å²) < 4.78 is 7.58. The molecule has 2 N–H and O–H groups in total. The zero-order valence-electron chi connectivity index (χ0n) is 10.8. The molecule has 0 fully saturated rings. The van der Waals surface area contributed by atoms with Gasteiger partial charge in [0.25, 0.3) is 0 Å². The SMILES string of the molecule is NCCCc1cn(CC2COc3ccccc32)nn1. The zero-order chi connectivity index (χ0) is 13.1. The summed E-state index contributed by atoms with van der Waals surface area (Å²) in [7, 11) is 0. The lowest BCUT2D eigenvalue weighted by Crippen LogP contribution is -2.11. The molecule has 100 valence electrons. The molecule has 1 unspecified atom stereocenters. The third-order valence-corrected chi connectivity index (χ3v) is 3.43. The zero-order valence-corrected chi connectivity index (χ0v) is 10.8. The van der Waals surface area contributed by atoms with Gasteiger partial charge in [-0.15, -0.1) is 5.10 Å². The second-order valence-corrected chi connectivity index (χ2v) is 4.87. The number of aromatic nitrogens is 3. The molecule has 1 aliphatic rings. The summed E-state index contributed by atoms with van der Waals surface area (Å²) in [5, 5.41) is 8.34. The Labute approximate surface area is 112 Å². The molecule has 1 atom stereocenters. The Morgan fingerprint density at radius 3 is 3.16 bits per heavy atom. The first-order valence-corrected chi connectivity index (χ1v) is 6.67. The normalized spacial score (nSPS) is 17.2. The molecule has 5 heteroatoms. The molecular weight excluding hydrogens is 240 g/mol. The first-order valence-electron chi connectivity index (χ1n) is 6.67. The quantitative estimate of drug-likeness (QED) is 0.879. The smallest absolute Gasteiger partial charge is 0.122 e. The van der Waals surface area contributed by atoms with Gasteiger partial charge in [-0.25, -0.2) is 0 Å². The average molecular weight is 258 g/mol. The van der Waals surface area contributed by atoms with E-state index in [2.05, 4.69) is 22.4 Å². The van der Waals surface area contributed by atoms with Crippen molar-refractivity contribution in [2.45, 2.75) is 25.3 Å². The first kappa shape index (κ1) is 12.2. The van der Waals surface area contributed by atoms with Crippen molar-refractivity contribution in [2.24, 2.45) is 5.73 Å². The number of hydrogen-bond donors (Lipinski definition) is 1. The molecule has 1 aromatic heterocycles. The number of para-hydroxylation sites is 1. The summed E-state index contributed by atoms with van der Waals surface area (Å²) in [6, 6.07) is 8.19. The molecule has 0 amide bonds. The predicted octanol–water partition coefficient (Wildman–Crippen LogP) is 1.35. The van der Waals surface area contributed by atoms with Crippen LogP contribution in [0.25, 0.3) is 0 Å². The number of hydrogen-bond acceptors (Lipinski definition) is 4. The molecule has 0 radical (unpaired) electrons. The second kappa shape index (κ2) is 5.40. The summed E-state index contributed by atoms with van der Waals surface area (Å²) in [6.07, 6.45) is 3.86. The molecule has 3 rings (SSSR count). The lowest BCUT2D eigenvalue weighted by molar-refractivity contribution is 0.314. The number of benzene rings is 1. The van der Waals surface area contributed by atoms with Crippen LogP contribution < -0.4 is 10.5 Å². The second-order valence-electron chi connectivity index (χ2n) is 4.87. The van der Waals surface area contributed by atoms with Gasteiger partial charge in [0.05, 0.1) is 18.8 Å². The van der Waals surface area contributed by atoms with Gasteiger partial charge in [-0.3, -0.25) is 4.68 Å². The van der Waals surface area contributed by atoms with Crippen LogP contribution in [0.1, 0.15) is 23.6 Å². The third kappa shape index (κ3) is 2.61. The largest absolute Gasteiger partial charge is 0.493 e. The highest BCUT2D eigenvalue weighted by Crippen LogP contribution is 2.34. The summed E-state index contributed by atoms with van der Waals surface area (Å²) in [5.74, 6) is 1.36. The Hall–Kier alpha value is -1.88. The fraction of sp³-hybridized carbons (Fsp3) is 0.429. The minimum Gasteiger partial charge on any atom is -0.493 e. The van der Waals surface area contributed by atoms with E-state index < -0.39 is 0 Å². The monoisotopic (exact) mass is 258 g/mol. The van der Waals surface area contributed by atoms with E-state index in [0.29, 0.717) is 12.5 Å². The fourth-order valence-corrected chi connectivity index (χ4v) is 2.43. The maximum atomic E-state index is 5.68. The van der Waals surface area contributed by atoms with Crippen LogP contribution in [0, 0.1) is 0 Å². The van der Waals surface area contributed by atoms with Crippen LogP contribution in [0.3, 0.4) is 0 Å². The molecule has 1 aliphatic heterocycles. The lowest BCUT2D eigenvalue weighted by Gasteiger charge is -2.07. The van der Waals surface area contributed by atoms with Crippen molar-refractivity contribution in [2.75, 3.05) is 13.2 Å². The summed E-state index contributed by atoms with van der Waals surface area (Å²) >= 11 is 0. The van der Waals surface area contributed by atoms with Crippen LogP contribution in [0.5, 0.6) is 5.75 Å². The van der Waals surface area contributed by atoms with Crippen molar-refractivity contribution in [1.82, 2.24) is 15.0 Å². The average Bonchev–Trinajstić information content (AvgIpc) is 3.05. The summed E-state index contributed by atoms with van der Waals surface area (Å²) in [5.41, 5.74) is 7.77. The Balaban J connectivity index is 1.68. The van der Waals surface area contributed by atoms with Crippen molar-refractivity contribution in [3.8, 4) is 5.75 Å². The third-order valence-electron chi connectivity index (χ3n) is 3.43. The molecule has 0 spiro atoms. The van der Waals surface area contributed by atoms with Crippen LogP contribution in [0.2, 0.25) is 0 Å². The van der Waals surface area contributed by atoms with Crippen molar-refractivity contribution >= 4 is 0 Å². The van der Waals surface area contributed by atoms with Gasteiger partial charge >= 0.3 is 0 Å². The maximum absolute atomic E-state index is 5.68. The molecule has 2 aromatic rings. The van der Waals surface area contributed by atoms with Crippen LogP contribution in [-0.2, 0) is 13.0 Å². The highest BCUT2D eigenvalue weighted by atomic mass is 16.5. The number of ether oxygens (including phenoxy) is 1. The van der Waals surface area contributed by atoms with Crippen molar-refractivity contribution in [3.63, 3.8) is 0 Å². The summed E-state index contributed by atoms with van der Waals surface area (Å²) in [6.45, 7) is 2.22. The van der Waals surface area contributed by atoms with Gasteiger partial charge in [-0.2, -0.15) is 0 Å². The van der Waals surface area contributed by atoms with Gasteiger partial charge < -0.3 is 10.5 Å². The van der Waals surface area contributed by atoms with Crippen LogP contribution >= 0.6 is 0 Å². The number of nitrogens with zero attached hydrogens (tertiary/aromatic N) is 3.